The number of carbonyl (C=O) groups excluding carboxylic acids is 2. The van der Waals surface area contributed by atoms with Crippen LogP contribution in [0.2, 0.25) is 0 Å². The van der Waals surface area contributed by atoms with Gasteiger partial charge in [-0.05, 0) is 49.7 Å². The molecule has 2 amide bonds. The van der Waals surface area contributed by atoms with Crippen molar-refractivity contribution in [2.24, 2.45) is 0 Å². The van der Waals surface area contributed by atoms with Gasteiger partial charge in [0.15, 0.2) is 0 Å². The van der Waals surface area contributed by atoms with Gasteiger partial charge in [0, 0.05) is 31.4 Å². The number of benzene rings is 1. The molecule has 0 spiro atoms. The number of aromatic nitrogens is 2. The second kappa shape index (κ2) is 10.7. The van der Waals surface area contributed by atoms with Crippen molar-refractivity contribution in [2.75, 3.05) is 33.3 Å². The van der Waals surface area contributed by atoms with Crippen LogP contribution in [0, 0.1) is 0 Å². The molecule has 2 aromatic rings. The lowest BCUT2D eigenvalue weighted by molar-refractivity contribution is 0.0924. The van der Waals surface area contributed by atoms with Crippen LogP contribution in [-0.2, 0) is 0 Å². The molecule has 1 aliphatic heterocycles. The number of nitrogens with zero attached hydrogens (tertiary/aromatic N) is 2. The van der Waals surface area contributed by atoms with E-state index in [1.807, 2.05) is 10.9 Å². The minimum atomic E-state index is -0.240. The van der Waals surface area contributed by atoms with E-state index in [1.54, 1.807) is 37.4 Å². The molecule has 28 heavy (non-hydrogen) atoms. The normalized spacial score (nSPS) is 16.0. The first-order chi connectivity index (χ1) is 13.2. The zero-order valence-electron chi connectivity index (χ0n) is 15.8. The van der Waals surface area contributed by atoms with Crippen LogP contribution in [0.25, 0.3) is 0 Å². The molecule has 1 unspecified atom stereocenters. The van der Waals surface area contributed by atoms with Crippen molar-refractivity contribution in [3.8, 4) is 5.75 Å². The number of rotatable bonds is 7. The Balaban J connectivity index is 0.00000280. The van der Waals surface area contributed by atoms with Gasteiger partial charge in [0.1, 0.15) is 11.4 Å². The quantitative estimate of drug-likeness (QED) is 0.603. The van der Waals surface area contributed by atoms with Crippen molar-refractivity contribution in [1.29, 1.82) is 0 Å². The molecular formula is C19H26ClN5O3. The van der Waals surface area contributed by atoms with E-state index < -0.39 is 0 Å². The first-order valence-electron chi connectivity index (χ1n) is 9.13. The number of halogens is 1. The van der Waals surface area contributed by atoms with E-state index in [-0.39, 0.29) is 24.2 Å². The lowest BCUT2D eigenvalue weighted by atomic mass is 10.1. The van der Waals surface area contributed by atoms with Gasteiger partial charge < -0.3 is 20.7 Å². The van der Waals surface area contributed by atoms with Gasteiger partial charge in [-0.15, -0.1) is 12.4 Å². The molecule has 8 nitrogen and oxygen atoms in total. The Hall–Kier alpha value is -2.58. The highest BCUT2D eigenvalue weighted by Crippen LogP contribution is 2.15. The van der Waals surface area contributed by atoms with Gasteiger partial charge in [0.25, 0.3) is 11.8 Å². The lowest BCUT2D eigenvalue weighted by Crippen LogP contribution is -2.35. The number of ether oxygens (including phenoxy) is 1. The SMILES string of the molecule is COc1ccc(C(=O)NCCNC(=O)c2ccn(C3CCCNC3)n2)cc1.Cl. The second-order valence-corrected chi connectivity index (χ2v) is 6.42. The van der Waals surface area contributed by atoms with Gasteiger partial charge in [-0.25, -0.2) is 0 Å². The second-order valence-electron chi connectivity index (χ2n) is 6.42. The summed E-state index contributed by atoms with van der Waals surface area (Å²) in [5, 5.41) is 13.3. The van der Waals surface area contributed by atoms with E-state index in [4.69, 9.17) is 4.74 Å². The van der Waals surface area contributed by atoms with Crippen LogP contribution in [0.4, 0.5) is 0 Å². The Morgan fingerprint density at radius 1 is 1.18 bits per heavy atom. The standard InChI is InChI=1S/C19H25N5O3.ClH/c1-27-16-6-4-14(5-7-16)18(25)21-10-11-22-19(26)17-8-12-24(23-17)15-3-2-9-20-13-15;/h4-8,12,15,20H,2-3,9-11,13H2,1H3,(H,21,25)(H,22,26);1H. The minimum Gasteiger partial charge on any atom is -0.497 e. The number of hydrogen-bond donors (Lipinski definition) is 3. The summed E-state index contributed by atoms with van der Waals surface area (Å²) in [6.07, 6.45) is 4.02. The molecule has 3 rings (SSSR count). The molecule has 2 heterocycles. The average molecular weight is 408 g/mol. The van der Waals surface area contributed by atoms with Gasteiger partial charge >= 0.3 is 0 Å². The Morgan fingerprint density at radius 2 is 1.89 bits per heavy atom. The number of piperidine rings is 1. The Morgan fingerprint density at radius 3 is 2.54 bits per heavy atom. The number of hydrogen-bond acceptors (Lipinski definition) is 5. The summed E-state index contributed by atoms with van der Waals surface area (Å²) < 4.78 is 6.92. The van der Waals surface area contributed by atoms with E-state index in [9.17, 15) is 9.59 Å². The van der Waals surface area contributed by atoms with Crippen molar-refractivity contribution < 1.29 is 14.3 Å². The average Bonchev–Trinajstić information content (AvgIpc) is 3.22. The van der Waals surface area contributed by atoms with Crippen LogP contribution in [0.15, 0.2) is 36.5 Å². The predicted molar refractivity (Wildman–Crippen MR) is 108 cm³/mol. The fraction of sp³-hybridized carbons (Fsp3) is 0.421. The lowest BCUT2D eigenvalue weighted by Gasteiger charge is -2.22. The van der Waals surface area contributed by atoms with Gasteiger partial charge in [-0.3, -0.25) is 14.3 Å². The van der Waals surface area contributed by atoms with Gasteiger partial charge in [0.05, 0.1) is 13.2 Å². The largest absolute Gasteiger partial charge is 0.497 e. The van der Waals surface area contributed by atoms with Crippen molar-refractivity contribution in [2.45, 2.75) is 18.9 Å². The maximum absolute atomic E-state index is 12.2. The Bertz CT molecular complexity index is 772. The Kier molecular flexibility index (Phi) is 8.28. The van der Waals surface area contributed by atoms with E-state index in [2.05, 4.69) is 21.0 Å². The molecule has 1 saturated heterocycles. The summed E-state index contributed by atoms with van der Waals surface area (Å²) in [4.78, 5) is 24.2. The molecular weight excluding hydrogens is 382 g/mol. The fourth-order valence-electron chi connectivity index (χ4n) is 3.01. The van der Waals surface area contributed by atoms with E-state index in [0.717, 1.165) is 25.9 Å². The van der Waals surface area contributed by atoms with Crippen molar-refractivity contribution in [3.05, 3.63) is 47.8 Å². The summed E-state index contributed by atoms with van der Waals surface area (Å²) in [7, 11) is 1.58. The van der Waals surface area contributed by atoms with Crippen molar-refractivity contribution in [1.82, 2.24) is 25.7 Å². The third kappa shape index (κ3) is 5.71. The number of carbonyl (C=O) groups is 2. The highest BCUT2D eigenvalue weighted by atomic mass is 35.5. The Labute approximate surface area is 170 Å². The topological polar surface area (TPSA) is 97.3 Å². The molecule has 0 aliphatic carbocycles. The molecule has 0 radical (unpaired) electrons. The van der Waals surface area contributed by atoms with Crippen molar-refractivity contribution >= 4 is 24.2 Å². The van der Waals surface area contributed by atoms with E-state index in [0.29, 0.717) is 36.1 Å². The summed E-state index contributed by atoms with van der Waals surface area (Å²) in [5.74, 6) is 0.263. The first-order valence-corrected chi connectivity index (χ1v) is 9.13. The monoisotopic (exact) mass is 407 g/mol. The number of methoxy groups -OCH3 is 1. The van der Waals surface area contributed by atoms with E-state index >= 15 is 0 Å². The van der Waals surface area contributed by atoms with Crippen LogP contribution < -0.4 is 20.7 Å². The van der Waals surface area contributed by atoms with Gasteiger partial charge in [-0.1, -0.05) is 0 Å². The third-order valence-electron chi connectivity index (χ3n) is 4.53. The molecule has 1 aliphatic rings. The first kappa shape index (κ1) is 21.7. The third-order valence-corrected chi connectivity index (χ3v) is 4.53. The highest BCUT2D eigenvalue weighted by molar-refractivity contribution is 5.94. The van der Waals surface area contributed by atoms with Gasteiger partial charge in [0.2, 0.25) is 0 Å². The summed E-state index contributed by atoms with van der Waals surface area (Å²) >= 11 is 0. The molecule has 3 N–H and O–H groups in total. The zero-order valence-corrected chi connectivity index (χ0v) is 16.6. The summed E-state index contributed by atoms with van der Waals surface area (Å²) in [5.41, 5.74) is 0.934. The molecule has 152 valence electrons. The molecule has 9 heteroatoms. The van der Waals surface area contributed by atoms with Crippen LogP contribution in [0.1, 0.15) is 39.7 Å². The van der Waals surface area contributed by atoms with Crippen molar-refractivity contribution in [3.63, 3.8) is 0 Å². The molecule has 1 fully saturated rings. The van der Waals surface area contributed by atoms with Crippen LogP contribution >= 0.6 is 12.4 Å². The number of amides is 2. The zero-order chi connectivity index (χ0) is 19.1. The van der Waals surface area contributed by atoms with Gasteiger partial charge in [-0.2, -0.15) is 5.10 Å². The molecule has 1 aromatic heterocycles. The summed E-state index contributed by atoms with van der Waals surface area (Å²) in [6.45, 7) is 2.58. The van der Waals surface area contributed by atoms with Crippen LogP contribution in [-0.4, -0.2) is 54.9 Å². The minimum absolute atomic E-state index is 0. The molecule has 1 aromatic carbocycles. The highest BCUT2D eigenvalue weighted by Gasteiger charge is 2.17. The number of nitrogens with one attached hydrogen (secondary N) is 3. The maximum Gasteiger partial charge on any atom is 0.271 e. The molecule has 0 saturated carbocycles. The van der Waals surface area contributed by atoms with Crippen LogP contribution in [0.3, 0.4) is 0 Å². The fourth-order valence-corrected chi connectivity index (χ4v) is 3.01. The maximum atomic E-state index is 12.2. The van der Waals surface area contributed by atoms with E-state index in [1.165, 1.54) is 0 Å². The molecule has 1 atom stereocenters. The summed E-state index contributed by atoms with van der Waals surface area (Å²) in [6, 6.07) is 8.87. The predicted octanol–water partition coefficient (Wildman–Crippen LogP) is 1.40. The smallest absolute Gasteiger partial charge is 0.271 e. The van der Waals surface area contributed by atoms with Crippen LogP contribution in [0.5, 0.6) is 5.75 Å². The molecule has 0 bridgehead atoms.